The Morgan fingerprint density at radius 3 is 1.60 bits per heavy atom. The van der Waals surface area contributed by atoms with Crippen LogP contribution in [0, 0.1) is 0 Å². The molecule has 0 rings (SSSR count). The first-order valence-electron chi connectivity index (χ1n) is 2.11. The third kappa shape index (κ3) is 46.1. The van der Waals surface area contributed by atoms with Gasteiger partial charge < -0.3 is 11.3 Å². The molecule has 10 heavy (non-hydrogen) atoms. The summed E-state index contributed by atoms with van der Waals surface area (Å²) in [5.41, 5.74) is 0. The summed E-state index contributed by atoms with van der Waals surface area (Å²) in [6, 6.07) is 0. The summed E-state index contributed by atoms with van der Waals surface area (Å²) in [6.45, 7) is 1.93. The molecular formula is C3H13NO5S. The van der Waals surface area contributed by atoms with Gasteiger partial charge in [-0.05, 0) is 6.92 Å². The van der Waals surface area contributed by atoms with Gasteiger partial charge in [0.2, 0.25) is 0 Å². The fraction of sp³-hybridized carbons (Fsp3) is 1.00. The Morgan fingerprint density at radius 1 is 1.50 bits per heavy atom. The molecule has 0 aromatic rings. The van der Waals surface area contributed by atoms with E-state index in [4.69, 9.17) is 9.66 Å². The number of rotatable bonds is 1. The number of aliphatic hydroxyl groups excluding tert-OH is 1. The van der Waals surface area contributed by atoms with Crippen molar-refractivity contribution in [2.75, 3.05) is 13.7 Å². The zero-order chi connectivity index (χ0) is 7.91. The fourth-order valence-corrected chi connectivity index (χ4v) is 0. The average molecular weight is 175 g/mol. The molecule has 0 fully saturated rings. The molecule has 0 saturated carbocycles. The van der Waals surface area contributed by atoms with Crippen LogP contribution in [0.2, 0.25) is 0 Å². The summed E-state index contributed by atoms with van der Waals surface area (Å²) in [4.78, 5) is 0. The highest BCUT2D eigenvalue weighted by molar-refractivity contribution is 7.80. The third-order valence-electron chi connectivity index (χ3n) is 0.211. The summed E-state index contributed by atoms with van der Waals surface area (Å²) >= 11 is 0. The van der Waals surface area contributed by atoms with Crippen molar-refractivity contribution in [2.45, 2.75) is 6.92 Å². The van der Waals surface area contributed by atoms with Gasteiger partial charge in [-0.3, -0.25) is 8.74 Å². The lowest BCUT2D eigenvalue weighted by molar-refractivity contribution is 0.318. The fourth-order valence-electron chi connectivity index (χ4n) is 0. The Balaban J connectivity index is -0.000000107. The van der Waals surface area contributed by atoms with Crippen LogP contribution in [-0.4, -0.2) is 31.8 Å². The van der Waals surface area contributed by atoms with Gasteiger partial charge in [0, 0.05) is 6.61 Å². The van der Waals surface area contributed by atoms with Crippen molar-refractivity contribution in [2.24, 2.45) is 0 Å². The minimum absolute atomic E-state index is 0. The van der Waals surface area contributed by atoms with Crippen LogP contribution >= 0.6 is 0 Å². The Hall–Kier alpha value is -0.210. The van der Waals surface area contributed by atoms with E-state index in [2.05, 4.69) is 4.18 Å². The highest BCUT2D eigenvalue weighted by Gasteiger charge is 1.93. The van der Waals surface area contributed by atoms with Gasteiger partial charge in [-0.25, -0.2) is 0 Å². The van der Waals surface area contributed by atoms with Crippen LogP contribution in [0.4, 0.5) is 0 Å². The van der Waals surface area contributed by atoms with E-state index in [1.807, 2.05) is 0 Å². The van der Waals surface area contributed by atoms with Crippen molar-refractivity contribution in [3.63, 3.8) is 0 Å². The molecule has 0 spiro atoms. The van der Waals surface area contributed by atoms with Crippen molar-refractivity contribution in [3.05, 3.63) is 0 Å². The summed E-state index contributed by atoms with van der Waals surface area (Å²) in [5.74, 6) is 0. The van der Waals surface area contributed by atoms with E-state index in [1.54, 1.807) is 6.92 Å². The molecule has 0 unspecified atom stereocenters. The monoisotopic (exact) mass is 175 g/mol. The van der Waals surface area contributed by atoms with Crippen LogP contribution in [0.5, 0.6) is 0 Å². The van der Waals surface area contributed by atoms with Crippen LogP contribution in [0.3, 0.4) is 0 Å². The van der Waals surface area contributed by atoms with E-state index in [1.165, 1.54) is 0 Å². The minimum atomic E-state index is -4.16. The van der Waals surface area contributed by atoms with Crippen molar-refractivity contribution >= 4 is 10.4 Å². The van der Waals surface area contributed by atoms with E-state index in [9.17, 15) is 8.42 Å². The van der Waals surface area contributed by atoms with Crippen molar-refractivity contribution in [3.8, 4) is 0 Å². The van der Waals surface area contributed by atoms with E-state index >= 15 is 0 Å². The second-order valence-electron chi connectivity index (χ2n) is 0.911. The Labute approximate surface area is 60.4 Å². The lowest BCUT2D eigenvalue weighted by atomic mass is 10.9. The molecule has 0 heterocycles. The Bertz CT molecular complexity index is 130. The van der Waals surface area contributed by atoms with Crippen LogP contribution < -0.4 is 6.15 Å². The lowest BCUT2D eigenvalue weighted by Gasteiger charge is -1.82. The molecule has 0 aliphatic heterocycles. The first-order chi connectivity index (χ1) is 3.97. The highest BCUT2D eigenvalue weighted by Crippen LogP contribution is 1.74. The lowest BCUT2D eigenvalue weighted by Crippen LogP contribution is -1.96. The third-order valence-corrected chi connectivity index (χ3v) is 0.632. The van der Waals surface area contributed by atoms with Gasteiger partial charge in [0.1, 0.15) is 0 Å². The van der Waals surface area contributed by atoms with E-state index in [0.29, 0.717) is 0 Å². The molecule has 0 bridgehead atoms. The Morgan fingerprint density at radius 2 is 1.60 bits per heavy atom. The van der Waals surface area contributed by atoms with Gasteiger partial charge in [0.25, 0.3) is 0 Å². The molecule has 0 aliphatic rings. The SMILES string of the molecule is CCO.COS(=O)(=O)O.N. The van der Waals surface area contributed by atoms with Crippen LogP contribution in [-0.2, 0) is 14.6 Å². The average Bonchev–Trinajstić information content (AvgIpc) is 1.67. The second kappa shape index (κ2) is 8.79. The van der Waals surface area contributed by atoms with Gasteiger partial charge in [-0.15, -0.1) is 0 Å². The number of aliphatic hydroxyl groups is 1. The molecule has 0 aromatic carbocycles. The molecule has 0 amide bonds. The molecule has 0 radical (unpaired) electrons. The van der Waals surface area contributed by atoms with Crippen LogP contribution in [0.1, 0.15) is 6.92 Å². The molecule has 0 aromatic heterocycles. The maximum atomic E-state index is 9.33. The largest absolute Gasteiger partial charge is 0.397 e. The molecule has 0 aliphatic carbocycles. The molecule has 66 valence electrons. The topological polar surface area (TPSA) is 119 Å². The second-order valence-corrected chi connectivity index (χ2v) is 2.10. The van der Waals surface area contributed by atoms with Gasteiger partial charge in [0.05, 0.1) is 7.11 Å². The van der Waals surface area contributed by atoms with Gasteiger partial charge in [-0.1, -0.05) is 0 Å². The molecule has 0 saturated heterocycles. The van der Waals surface area contributed by atoms with Crippen molar-refractivity contribution in [1.29, 1.82) is 0 Å². The maximum Gasteiger partial charge on any atom is 0.397 e. The molecule has 5 N–H and O–H groups in total. The number of hydrogen-bond acceptors (Lipinski definition) is 5. The van der Waals surface area contributed by atoms with Gasteiger partial charge >= 0.3 is 10.4 Å². The predicted molar refractivity (Wildman–Crippen MR) is 36.3 cm³/mol. The van der Waals surface area contributed by atoms with Crippen molar-refractivity contribution < 1.29 is 22.3 Å². The minimum Gasteiger partial charge on any atom is -0.397 e. The highest BCUT2D eigenvalue weighted by atomic mass is 32.3. The summed E-state index contributed by atoms with van der Waals surface area (Å²) in [5, 5.41) is 7.57. The first kappa shape index (κ1) is 16.4. The van der Waals surface area contributed by atoms with Gasteiger partial charge in [0.15, 0.2) is 0 Å². The van der Waals surface area contributed by atoms with E-state index < -0.39 is 10.4 Å². The van der Waals surface area contributed by atoms with Crippen LogP contribution in [0.25, 0.3) is 0 Å². The standard InChI is InChI=1S/C2H6O.CH4O4S.H3N/c1-2-3;1-5-6(2,3)4;/h3H,2H2,1H3;1H3,(H,2,3,4);1H3. The van der Waals surface area contributed by atoms with Gasteiger partial charge in [-0.2, -0.15) is 8.42 Å². The zero-order valence-electron chi connectivity index (χ0n) is 5.94. The molecule has 7 heteroatoms. The molecular weight excluding hydrogens is 162 g/mol. The predicted octanol–water partition coefficient (Wildman–Crippen LogP) is -0.404. The summed E-state index contributed by atoms with van der Waals surface area (Å²) in [6.07, 6.45) is 0. The normalized spacial score (nSPS) is 8.80. The zero-order valence-corrected chi connectivity index (χ0v) is 6.76. The maximum absolute atomic E-state index is 9.33. The summed E-state index contributed by atoms with van der Waals surface area (Å²) in [7, 11) is -3.29. The van der Waals surface area contributed by atoms with E-state index in [0.717, 1.165) is 7.11 Å². The molecule has 6 nitrogen and oxygen atoms in total. The van der Waals surface area contributed by atoms with E-state index in [-0.39, 0.29) is 12.8 Å². The van der Waals surface area contributed by atoms with Crippen LogP contribution in [0.15, 0.2) is 0 Å². The van der Waals surface area contributed by atoms with Crippen molar-refractivity contribution in [1.82, 2.24) is 6.15 Å². The smallest absolute Gasteiger partial charge is 0.397 e. The summed E-state index contributed by atoms with van der Waals surface area (Å²) < 4.78 is 29.7. The first-order valence-corrected chi connectivity index (χ1v) is 3.48. The Kier molecular flexibility index (Phi) is 14.4. The quantitative estimate of drug-likeness (QED) is 0.466. The number of hydrogen-bond donors (Lipinski definition) is 3. The molecule has 0 atom stereocenters.